The lowest BCUT2D eigenvalue weighted by Gasteiger charge is -2.16. The number of halogens is 1. The molecule has 0 aliphatic rings. The maximum absolute atomic E-state index is 13.5. The first-order valence-corrected chi connectivity index (χ1v) is 6.70. The van der Waals surface area contributed by atoms with Gasteiger partial charge in [0.15, 0.2) is 11.6 Å². The lowest BCUT2D eigenvalue weighted by atomic mass is 10.2. The number of ether oxygens (including phenoxy) is 1. The Labute approximate surface area is 115 Å². The molecule has 0 aliphatic carbocycles. The van der Waals surface area contributed by atoms with Crippen LogP contribution in [-0.4, -0.2) is 12.1 Å². The molecule has 1 aromatic carbocycles. The van der Waals surface area contributed by atoms with Crippen LogP contribution in [0.5, 0.6) is 5.75 Å². The molecule has 102 valence electrons. The van der Waals surface area contributed by atoms with Gasteiger partial charge in [0.25, 0.3) is 0 Å². The molecule has 19 heavy (non-hydrogen) atoms. The van der Waals surface area contributed by atoms with E-state index in [4.69, 9.17) is 10.5 Å². The van der Waals surface area contributed by atoms with Crippen molar-refractivity contribution in [1.29, 1.82) is 0 Å². The lowest BCUT2D eigenvalue weighted by molar-refractivity contribution is 0.387. The van der Waals surface area contributed by atoms with Gasteiger partial charge in [0, 0.05) is 23.2 Å². The molecule has 0 saturated heterocycles. The van der Waals surface area contributed by atoms with E-state index in [0.717, 1.165) is 10.7 Å². The van der Waals surface area contributed by atoms with Gasteiger partial charge in [0.2, 0.25) is 0 Å². The molecular weight excluding hydrogens is 265 g/mol. The summed E-state index contributed by atoms with van der Waals surface area (Å²) in [6, 6.07) is 2.80. The number of nitrogens with one attached hydrogen (secondary N) is 1. The minimum atomic E-state index is -0.469. The van der Waals surface area contributed by atoms with Gasteiger partial charge in [0.1, 0.15) is 5.01 Å². The molecule has 0 spiro atoms. The summed E-state index contributed by atoms with van der Waals surface area (Å²) >= 11 is 1.58. The molecule has 4 nitrogen and oxygen atoms in total. The second-order valence-electron chi connectivity index (χ2n) is 4.27. The first-order chi connectivity index (χ1) is 9.01. The van der Waals surface area contributed by atoms with Gasteiger partial charge in [-0.25, -0.2) is 9.37 Å². The minimum absolute atomic E-state index is 0.00355. The first-order valence-electron chi connectivity index (χ1n) is 5.83. The highest BCUT2D eigenvalue weighted by atomic mass is 32.1. The van der Waals surface area contributed by atoms with Crippen molar-refractivity contribution in [1.82, 2.24) is 4.98 Å². The van der Waals surface area contributed by atoms with Crippen LogP contribution in [0.2, 0.25) is 0 Å². The number of hydrogen-bond donors (Lipinski definition) is 2. The van der Waals surface area contributed by atoms with Gasteiger partial charge in [-0.2, -0.15) is 0 Å². The van der Waals surface area contributed by atoms with Crippen LogP contribution in [0, 0.1) is 12.7 Å². The zero-order valence-electron chi connectivity index (χ0n) is 11.0. The molecule has 0 bridgehead atoms. The summed E-state index contributed by atoms with van der Waals surface area (Å²) in [6.07, 6.45) is 0. The number of thiazole rings is 1. The van der Waals surface area contributed by atoms with Crippen LogP contribution in [0.1, 0.15) is 23.7 Å². The Kier molecular flexibility index (Phi) is 3.90. The zero-order chi connectivity index (χ0) is 14.0. The number of aromatic nitrogens is 1. The molecule has 0 amide bonds. The van der Waals surface area contributed by atoms with Gasteiger partial charge in [-0.05, 0) is 13.8 Å². The molecule has 1 atom stereocenters. The summed E-state index contributed by atoms with van der Waals surface area (Å²) in [5.41, 5.74) is 7.77. The van der Waals surface area contributed by atoms with E-state index in [1.54, 1.807) is 17.4 Å². The third kappa shape index (κ3) is 2.96. The van der Waals surface area contributed by atoms with Crippen molar-refractivity contribution in [3.8, 4) is 5.75 Å². The number of rotatable bonds is 4. The van der Waals surface area contributed by atoms with Crippen molar-refractivity contribution >= 4 is 22.7 Å². The van der Waals surface area contributed by atoms with E-state index in [0.29, 0.717) is 11.4 Å². The maximum atomic E-state index is 13.5. The van der Waals surface area contributed by atoms with Gasteiger partial charge in [0.05, 0.1) is 24.5 Å². The standard InChI is InChI=1S/C13H16FN3OS/c1-7-6-19-13(16-7)8(2)17-11-5-12(18-3)9(14)4-10(11)15/h4-6,8,17H,15H2,1-3H3. The monoisotopic (exact) mass is 281 g/mol. The summed E-state index contributed by atoms with van der Waals surface area (Å²) in [7, 11) is 1.42. The second-order valence-corrected chi connectivity index (χ2v) is 5.16. The summed E-state index contributed by atoms with van der Waals surface area (Å²) in [6.45, 7) is 3.93. The molecule has 2 rings (SSSR count). The summed E-state index contributed by atoms with van der Waals surface area (Å²) in [4.78, 5) is 4.41. The average molecular weight is 281 g/mol. The van der Waals surface area contributed by atoms with E-state index in [1.807, 2.05) is 19.2 Å². The fourth-order valence-corrected chi connectivity index (χ4v) is 2.52. The number of aryl methyl sites for hydroxylation is 1. The van der Waals surface area contributed by atoms with Gasteiger partial charge >= 0.3 is 0 Å². The number of nitrogens with two attached hydrogens (primary N) is 1. The molecule has 0 radical (unpaired) electrons. The van der Waals surface area contributed by atoms with Crippen LogP contribution in [0.15, 0.2) is 17.5 Å². The second kappa shape index (κ2) is 5.44. The van der Waals surface area contributed by atoms with Crippen molar-refractivity contribution < 1.29 is 9.13 Å². The number of anilines is 2. The van der Waals surface area contributed by atoms with Crippen molar-refractivity contribution in [2.45, 2.75) is 19.9 Å². The summed E-state index contributed by atoms with van der Waals surface area (Å²) < 4.78 is 18.4. The number of benzene rings is 1. The van der Waals surface area contributed by atoms with Crippen LogP contribution < -0.4 is 15.8 Å². The predicted octanol–water partition coefficient (Wildman–Crippen LogP) is 3.35. The van der Waals surface area contributed by atoms with Crippen LogP contribution in [-0.2, 0) is 0 Å². The van der Waals surface area contributed by atoms with Gasteiger partial charge in [-0.1, -0.05) is 0 Å². The lowest BCUT2D eigenvalue weighted by Crippen LogP contribution is -2.09. The number of nitrogens with zero attached hydrogens (tertiary/aromatic N) is 1. The highest BCUT2D eigenvalue weighted by Crippen LogP contribution is 2.31. The fraction of sp³-hybridized carbons (Fsp3) is 0.308. The molecule has 0 fully saturated rings. The Balaban J connectivity index is 2.23. The van der Waals surface area contributed by atoms with E-state index >= 15 is 0 Å². The van der Waals surface area contributed by atoms with E-state index in [1.165, 1.54) is 13.2 Å². The van der Waals surface area contributed by atoms with E-state index in [-0.39, 0.29) is 11.8 Å². The van der Waals surface area contributed by atoms with E-state index in [2.05, 4.69) is 10.3 Å². The Morgan fingerprint density at radius 2 is 2.21 bits per heavy atom. The van der Waals surface area contributed by atoms with Crippen LogP contribution >= 0.6 is 11.3 Å². The molecule has 1 unspecified atom stereocenters. The Morgan fingerprint density at radius 3 is 2.79 bits per heavy atom. The van der Waals surface area contributed by atoms with Crippen LogP contribution in [0.25, 0.3) is 0 Å². The highest BCUT2D eigenvalue weighted by Gasteiger charge is 2.13. The van der Waals surface area contributed by atoms with Crippen molar-refractivity contribution in [3.05, 3.63) is 34.0 Å². The average Bonchev–Trinajstić information content (AvgIpc) is 2.79. The molecule has 1 heterocycles. The SMILES string of the molecule is COc1cc(NC(C)c2nc(C)cs2)c(N)cc1F. The largest absolute Gasteiger partial charge is 0.494 e. The van der Waals surface area contributed by atoms with Crippen molar-refractivity contribution in [3.63, 3.8) is 0 Å². The Morgan fingerprint density at radius 1 is 1.47 bits per heavy atom. The van der Waals surface area contributed by atoms with Crippen molar-refractivity contribution in [2.24, 2.45) is 0 Å². The molecule has 0 saturated carbocycles. The Hall–Kier alpha value is -1.82. The minimum Gasteiger partial charge on any atom is -0.494 e. The predicted molar refractivity (Wildman–Crippen MR) is 76.3 cm³/mol. The number of hydrogen-bond acceptors (Lipinski definition) is 5. The molecule has 0 aliphatic heterocycles. The molecule has 1 aromatic heterocycles. The number of methoxy groups -OCH3 is 1. The summed E-state index contributed by atoms with van der Waals surface area (Å²) in [5.74, 6) is -0.303. The van der Waals surface area contributed by atoms with Crippen LogP contribution in [0.3, 0.4) is 0 Å². The molecule has 3 N–H and O–H groups in total. The highest BCUT2D eigenvalue weighted by molar-refractivity contribution is 7.09. The van der Waals surface area contributed by atoms with Gasteiger partial charge in [-0.3, -0.25) is 0 Å². The third-order valence-electron chi connectivity index (χ3n) is 2.70. The van der Waals surface area contributed by atoms with E-state index < -0.39 is 5.82 Å². The Bertz CT molecular complexity index is 585. The summed E-state index contributed by atoms with van der Waals surface area (Å²) in [5, 5.41) is 6.16. The molecule has 2 aromatic rings. The van der Waals surface area contributed by atoms with Crippen molar-refractivity contribution in [2.75, 3.05) is 18.2 Å². The van der Waals surface area contributed by atoms with E-state index in [9.17, 15) is 4.39 Å². The normalized spacial score (nSPS) is 12.2. The third-order valence-corrected chi connectivity index (χ3v) is 3.85. The first kappa shape index (κ1) is 13.6. The topological polar surface area (TPSA) is 60.2 Å². The number of nitrogen functional groups attached to an aromatic ring is 1. The zero-order valence-corrected chi connectivity index (χ0v) is 11.8. The smallest absolute Gasteiger partial charge is 0.167 e. The van der Waals surface area contributed by atoms with Gasteiger partial charge < -0.3 is 15.8 Å². The van der Waals surface area contributed by atoms with Gasteiger partial charge in [-0.15, -0.1) is 11.3 Å². The van der Waals surface area contributed by atoms with Crippen LogP contribution in [0.4, 0.5) is 15.8 Å². The fourth-order valence-electron chi connectivity index (χ4n) is 1.72. The maximum Gasteiger partial charge on any atom is 0.167 e. The molecule has 6 heteroatoms. The quantitative estimate of drug-likeness (QED) is 0.844. The molecular formula is C13H16FN3OS.